The lowest BCUT2D eigenvalue weighted by Gasteiger charge is -2.26. The highest BCUT2D eigenvalue weighted by Crippen LogP contribution is 2.43. The number of amides is 1. The van der Waals surface area contributed by atoms with E-state index in [2.05, 4.69) is 15.6 Å². The van der Waals surface area contributed by atoms with Crippen molar-refractivity contribution in [3.8, 4) is 17.1 Å². The van der Waals surface area contributed by atoms with E-state index in [0.29, 0.717) is 17.4 Å². The first-order chi connectivity index (χ1) is 18.6. The highest BCUT2D eigenvalue weighted by molar-refractivity contribution is 7.80. The van der Waals surface area contributed by atoms with Gasteiger partial charge in [0, 0.05) is 30.2 Å². The summed E-state index contributed by atoms with van der Waals surface area (Å²) in [5, 5.41) is 6.80. The Hall–Kier alpha value is -4.21. The molecule has 1 amide bonds. The van der Waals surface area contributed by atoms with Gasteiger partial charge in [-0.25, -0.2) is 0 Å². The molecule has 1 saturated heterocycles. The minimum Gasteiger partial charge on any atom is -0.494 e. The summed E-state index contributed by atoms with van der Waals surface area (Å²) in [6, 6.07) is 24.6. The molecule has 38 heavy (non-hydrogen) atoms. The number of hydrogen-bond donors (Lipinski definition) is 2. The zero-order valence-electron chi connectivity index (χ0n) is 21.1. The Labute approximate surface area is 226 Å². The average molecular weight is 529 g/mol. The zero-order chi connectivity index (χ0) is 26.5. The van der Waals surface area contributed by atoms with Crippen LogP contribution in [-0.2, 0) is 9.53 Å². The molecule has 2 aromatic carbocycles. The Kier molecular flexibility index (Phi) is 7.67. The van der Waals surface area contributed by atoms with Crippen LogP contribution in [-0.4, -0.2) is 36.3 Å². The van der Waals surface area contributed by atoms with Gasteiger partial charge in [0.25, 0.3) is 0 Å². The number of nitrogens with zero attached hydrogens (tertiary/aromatic N) is 2. The van der Waals surface area contributed by atoms with Gasteiger partial charge < -0.3 is 29.4 Å². The summed E-state index contributed by atoms with van der Waals surface area (Å²) in [5.74, 6) is 2.09. The number of ether oxygens (including phenoxy) is 2. The van der Waals surface area contributed by atoms with E-state index < -0.39 is 0 Å². The van der Waals surface area contributed by atoms with Crippen molar-refractivity contribution in [2.45, 2.75) is 19.0 Å². The molecule has 0 radical (unpaired) electrons. The number of hydrogen-bond acceptors (Lipinski definition) is 6. The van der Waals surface area contributed by atoms with Crippen LogP contribution in [0, 0.1) is 0 Å². The highest BCUT2D eigenvalue weighted by Gasteiger charge is 2.42. The number of carbonyl (C=O) groups excluding carboxylic acids is 1. The molecule has 2 atom stereocenters. The maximum Gasteiger partial charge on any atom is 0.250 e. The van der Waals surface area contributed by atoms with Crippen LogP contribution in [0.15, 0.2) is 89.5 Å². The van der Waals surface area contributed by atoms with Crippen LogP contribution >= 0.6 is 12.2 Å². The lowest BCUT2D eigenvalue weighted by molar-refractivity contribution is -0.119. The monoisotopic (exact) mass is 528 g/mol. The molecule has 0 aliphatic carbocycles. The normalized spacial score (nSPS) is 16.8. The second-order valence-electron chi connectivity index (χ2n) is 8.68. The van der Waals surface area contributed by atoms with Gasteiger partial charge in [0.2, 0.25) is 5.91 Å². The molecular formula is C29H28N4O4S. The number of nitrogens with one attached hydrogen (secondary N) is 2. The number of furan rings is 1. The molecule has 0 bridgehead atoms. The van der Waals surface area contributed by atoms with Crippen LogP contribution in [0.1, 0.15) is 30.5 Å². The minimum absolute atomic E-state index is 0.00903. The summed E-state index contributed by atoms with van der Waals surface area (Å²) in [7, 11) is 1.48. The third-order valence-electron chi connectivity index (χ3n) is 6.17. The molecule has 194 valence electrons. The first-order valence-electron chi connectivity index (χ1n) is 12.3. The smallest absolute Gasteiger partial charge is 0.250 e. The molecule has 0 spiro atoms. The average Bonchev–Trinajstić information content (AvgIpc) is 3.55. The van der Waals surface area contributed by atoms with Crippen molar-refractivity contribution in [2.24, 2.45) is 0 Å². The first kappa shape index (κ1) is 25.4. The molecule has 0 saturated carbocycles. The number of thiocarbonyl (C=S) groups is 1. The van der Waals surface area contributed by atoms with E-state index in [1.165, 1.54) is 7.11 Å². The Morgan fingerprint density at radius 2 is 1.87 bits per heavy atom. The van der Waals surface area contributed by atoms with Crippen LogP contribution in [0.4, 0.5) is 11.4 Å². The summed E-state index contributed by atoms with van der Waals surface area (Å²) in [6.07, 6.45) is 1.77. The lowest BCUT2D eigenvalue weighted by Crippen LogP contribution is -2.29. The standard InChI is InChI=1S/C29H28N4O4S/c1-3-36-22-13-7-19(8-14-22)24-15-16-25(37-24)28-27(23-6-4-5-17-30-23)32-29(38)33(28)21-11-9-20(10-12-21)31-26(34)18-35-2/h4-17,27-28H,3,18H2,1-2H3,(H,31,34)(H,32,38)/t27-,28+/m1/s1. The SMILES string of the molecule is CCOc1ccc(-c2ccc([C@H]3[C@@H](c4ccccn4)NC(=S)N3c3ccc(NC(=O)COC)cc3)o2)cc1. The maximum atomic E-state index is 11.9. The summed E-state index contributed by atoms with van der Waals surface area (Å²) in [4.78, 5) is 18.5. The van der Waals surface area contributed by atoms with Gasteiger partial charge in [-0.3, -0.25) is 9.78 Å². The van der Waals surface area contributed by atoms with Crippen molar-refractivity contribution in [3.05, 3.63) is 96.5 Å². The van der Waals surface area contributed by atoms with E-state index in [1.807, 2.05) is 90.7 Å². The van der Waals surface area contributed by atoms with E-state index in [1.54, 1.807) is 6.20 Å². The molecular weight excluding hydrogens is 500 g/mol. The summed E-state index contributed by atoms with van der Waals surface area (Å²) in [6.45, 7) is 2.57. The van der Waals surface area contributed by atoms with Crippen LogP contribution in [0.25, 0.3) is 11.3 Å². The molecule has 8 nitrogen and oxygen atoms in total. The Morgan fingerprint density at radius 1 is 1.08 bits per heavy atom. The molecule has 1 aliphatic rings. The molecule has 1 fully saturated rings. The Morgan fingerprint density at radius 3 is 2.55 bits per heavy atom. The van der Waals surface area contributed by atoms with E-state index in [9.17, 15) is 4.79 Å². The van der Waals surface area contributed by atoms with E-state index in [0.717, 1.165) is 34.2 Å². The van der Waals surface area contributed by atoms with Crippen molar-refractivity contribution >= 4 is 34.6 Å². The lowest BCUT2D eigenvalue weighted by atomic mass is 10.0. The van der Waals surface area contributed by atoms with Gasteiger partial charge in [0.15, 0.2) is 5.11 Å². The second kappa shape index (κ2) is 11.5. The third kappa shape index (κ3) is 5.39. The molecule has 4 aromatic rings. The highest BCUT2D eigenvalue weighted by atomic mass is 32.1. The summed E-state index contributed by atoms with van der Waals surface area (Å²) < 4.78 is 16.9. The van der Waals surface area contributed by atoms with Crippen molar-refractivity contribution in [3.63, 3.8) is 0 Å². The van der Waals surface area contributed by atoms with Crippen molar-refractivity contribution in [2.75, 3.05) is 30.5 Å². The van der Waals surface area contributed by atoms with Crippen LogP contribution in [0.3, 0.4) is 0 Å². The van der Waals surface area contributed by atoms with Crippen LogP contribution in [0.2, 0.25) is 0 Å². The zero-order valence-corrected chi connectivity index (χ0v) is 21.9. The Balaban J connectivity index is 1.48. The number of benzene rings is 2. The van der Waals surface area contributed by atoms with Gasteiger partial charge in [-0.1, -0.05) is 6.07 Å². The minimum atomic E-state index is -0.289. The molecule has 1 aliphatic heterocycles. The number of anilines is 2. The first-order valence-corrected chi connectivity index (χ1v) is 12.7. The quantitative estimate of drug-likeness (QED) is 0.275. The Bertz CT molecular complexity index is 1390. The summed E-state index contributed by atoms with van der Waals surface area (Å²) in [5.41, 5.74) is 3.33. The largest absolute Gasteiger partial charge is 0.494 e. The molecule has 5 rings (SSSR count). The predicted octanol–water partition coefficient (Wildman–Crippen LogP) is 5.50. The van der Waals surface area contributed by atoms with Gasteiger partial charge in [0.05, 0.1) is 18.3 Å². The second-order valence-corrected chi connectivity index (χ2v) is 9.07. The third-order valence-corrected chi connectivity index (χ3v) is 6.49. The van der Waals surface area contributed by atoms with Crippen molar-refractivity contribution in [1.29, 1.82) is 0 Å². The van der Waals surface area contributed by atoms with Crippen molar-refractivity contribution in [1.82, 2.24) is 10.3 Å². The molecule has 3 heterocycles. The molecule has 0 unspecified atom stereocenters. The van der Waals surface area contributed by atoms with E-state index >= 15 is 0 Å². The topological polar surface area (TPSA) is 88.9 Å². The van der Waals surface area contributed by atoms with Gasteiger partial charge >= 0.3 is 0 Å². The molecule has 9 heteroatoms. The number of rotatable bonds is 9. The van der Waals surface area contributed by atoms with Gasteiger partial charge in [-0.2, -0.15) is 0 Å². The molecule has 2 N–H and O–H groups in total. The summed E-state index contributed by atoms with van der Waals surface area (Å²) >= 11 is 5.80. The number of aromatic nitrogens is 1. The van der Waals surface area contributed by atoms with E-state index in [4.69, 9.17) is 26.1 Å². The van der Waals surface area contributed by atoms with Gasteiger partial charge in [-0.15, -0.1) is 0 Å². The fourth-order valence-electron chi connectivity index (χ4n) is 4.50. The fourth-order valence-corrected chi connectivity index (χ4v) is 4.85. The predicted molar refractivity (Wildman–Crippen MR) is 150 cm³/mol. The van der Waals surface area contributed by atoms with Crippen LogP contribution < -0.4 is 20.3 Å². The number of carbonyl (C=O) groups is 1. The van der Waals surface area contributed by atoms with Crippen LogP contribution in [0.5, 0.6) is 5.75 Å². The van der Waals surface area contributed by atoms with E-state index in [-0.39, 0.29) is 24.6 Å². The maximum absolute atomic E-state index is 11.9. The van der Waals surface area contributed by atoms with Gasteiger partial charge in [0.1, 0.15) is 29.9 Å². The number of pyridine rings is 1. The molecule has 2 aromatic heterocycles. The number of methoxy groups -OCH3 is 1. The van der Waals surface area contributed by atoms with Crippen molar-refractivity contribution < 1.29 is 18.7 Å². The fraction of sp³-hybridized carbons (Fsp3) is 0.207. The van der Waals surface area contributed by atoms with Gasteiger partial charge in [-0.05, 0) is 91.9 Å².